The van der Waals surface area contributed by atoms with Crippen LogP contribution in [-0.2, 0) is 4.79 Å². The van der Waals surface area contributed by atoms with Gasteiger partial charge in [-0.3, -0.25) is 4.79 Å². The number of carbonyl (C=O) groups excluding carboxylic acids is 1. The van der Waals surface area contributed by atoms with Crippen LogP contribution < -0.4 is 11.1 Å². The summed E-state index contributed by atoms with van der Waals surface area (Å²) in [5.41, 5.74) is 4.98. The molecule has 0 aliphatic carbocycles. The summed E-state index contributed by atoms with van der Waals surface area (Å²) in [6.07, 6.45) is -0.776. The molecule has 0 aliphatic rings. The van der Waals surface area contributed by atoms with Gasteiger partial charge in [-0.1, -0.05) is 29.8 Å². The van der Waals surface area contributed by atoms with E-state index in [1.54, 1.807) is 38.1 Å². The lowest BCUT2D eigenvalue weighted by atomic mass is 10.0. The smallest absolute Gasteiger partial charge is 0.237 e. The van der Waals surface area contributed by atoms with Crippen molar-refractivity contribution in [2.75, 3.05) is 6.54 Å². The number of benzene rings is 1. The number of halogens is 1. The first-order chi connectivity index (χ1) is 7.84. The molecule has 0 heterocycles. The molecular formula is C12H17ClN2O2. The van der Waals surface area contributed by atoms with E-state index >= 15 is 0 Å². The van der Waals surface area contributed by atoms with E-state index < -0.39 is 17.6 Å². The van der Waals surface area contributed by atoms with Crippen molar-refractivity contribution >= 4 is 17.5 Å². The van der Waals surface area contributed by atoms with Crippen molar-refractivity contribution in [1.29, 1.82) is 0 Å². The monoisotopic (exact) mass is 256 g/mol. The van der Waals surface area contributed by atoms with Crippen LogP contribution in [0.1, 0.15) is 25.5 Å². The third-order valence-electron chi connectivity index (χ3n) is 2.62. The predicted molar refractivity (Wildman–Crippen MR) is 67.7 cm³/mol. The number of amides is 1. The van der Waals surface area contributed by atoms with Gasteiger partial charge in [0.2, 0.25) is 5.91 Å². The Morgan fingerprint density at radius 3 is 2.65 bits per heavy atom. The maximum absolute atomic E-state index is 11.1. The van der Waals surface area contributed by atoms with Crippen molar-refractivity contribution in [2.45, 2.75) is 25.5 Å². The number of hydrogen-bond donors (Lipinski definition) is 3. The van der Waals surface area contributed by atoms with E-state index in [4.69, 9.17) is 17.3 Å². The third-order valence-corrected chi connectivity index (χ3v) is 2.96. The highest BCUT2D eigenvalue weighted by molar-refractivity contribution is 6.31. The van der Waals surface area contributed by atoms with Crippen molar-refractivity contribution in [2.24, 2.45) is 5.73 Å². The lowest BCUT2D eigenvalue weighted by molar-refractivity contribution is -0.123. The highest BCUT2D eigenvalue weighted by Crippen LogP contribution is 2.22. The Balaban J connectivity index is 2.65. The van der Waals surface area contributed by atoms with Crippen molar-refractivity contribution in [3.8, 4) is 0 Å². The molecule has 0 aromatic heterocycles. The quantitative estimate of drug-likeness (QED) is 0.742. The van der Waals surface area contributed by atoms with Crippen LogP contribution in [0.25, 0.3) is 0 Å². The van der Waals surface area contributed by atoms with Crippen LogP contribution in [0, 0.1) is 0 Å². The zero-order chi connectivity index (χ0) is 13.1. The zero-order valence-corrected chi connectivity index (χ0v) is 10.7. The predicted octanol–water partition coefficient (Wildman–Crippen LogP) is 1.23. The van der Waals surface area contributed by atoms with Gasteiger partial charge in [-0.2, -0.15) is 0 Å². The summed E-state index contributed by atoms with van der Waals surface area (Å²) in [4.78, 5) is 11.1. The van der Waals surface area contributed by atoms with Crippen molar-refractivity contribution in [3.05, 3.63) is 34.9 Å². The normalized spacial score (nSPS) is 13.4. The minimum Gasteiger partial charge on any atom is -0.387 e. The van der Waals surface area contributed by atoms with Gasteiger partial charge in [0.1, 0.15) is 0 Å². The molecule has 0 bridgehead atoms. The SMILES string of the molecule is CC(C)(NCC(O)c1ccccc1Cl)C(N)=O. The summed E-state index contributed by atoms with van der Waals surface area (Å²) in [6, 6.07) is 7.04. The van der Waals surface area contributed by atoms with E-state index in [9.17, 15) is 9.90 Å². The molecule has 1 rings (SSSR count). The van der Waals surface area contributed by atoms with Gasteiger partial charge in [0, 0.05) is 17.1 Å². The van der Waals surface area contributed by atoms with Crippen molar-refractivity contribution in [3.63, 3.8) is 0 Å². The lowest BCUT2D eigenvalue weighted by Gasteiger charge is -2.24. The van der Waals surface area contributed by atoms with E-state index in [1.165, 1.54) is 0 Å². The fraction of sp³-hybridized carbons (Fsp3) is 0.417. The molecule has 0 fully saturated rings. The Morgan fingerprint density at radius 1 is 1.53 bits per heavy atom. The van der Waals surface area contributed by atoms with Crippen molar-refractivity contribution in [1.82, 2.24) is 5.32 Å². The zero-order valence-electron chi connectivity index (χ0n) is 9.90. The molecule has 0 spiro atoms. The second-order valence-corrected chi connectivity index (χ2v) is 4.81. The summed E-state index contributed by atoms with van der Waals surface area (Å²) in [7, 11) is 0. The minimum atomic E-state index is -0.859. The van der Waals surface area contributed by atoms with Gasteiger partial charge >= 0.3 is 0 Å². The average molecular weight is 257 g/mol. The summed E-state index contributed by atoms with van der Waals surface area (Å²) >= 11 is 5.95. The molecule has 5 heteroatoms. The first-order valence-electron chi connectivity index (χ1n) is 5.32. The molecule has 0 radical (unpaired) electrons. The Bertz CT molecular complexity index is 407. The highest BCUT2D eigenvalue weighted by Gasteiger charge is 2.25. The molecule has 1 unspecified atom stereocenters. The fourth-order valence-electron chi connectivity index (χ4n) is 1.29. The molecule has 94 valence electrons. The number of aliphatic hydroxyl groups is 1. The van der Waals surface area contributed by atoms with Gasteiger partial charge in [-0.25, -0.2) is 0 Å². The summed E-state index contributed by atoms with van der Waals surface area (Å²) < 4.78 is 0. The van der Waals surface area contributed by atoms with Crippen LogP contribution in [0.2, 0.25) is 5.02 Å². The Hall–Kier alpha value is -1.10. The van der Waals surface area contributed by atoms with Crippen LogP contribution in [0.3, 0.4) is 0 Å². The minimum absolute atomic E-state index is 0.208. The molecule has 1 aromatic carbocycles. The largest absolute Gasteiger partial charge is 0.387 e. The molecular weight excluding hydrogens is 240 g/mol. The molecule has 4 N–H and O–H groups in total. The number of nitrogens with one attached hydrogen (secondary N) is 1. The number of rotatable bonds is 5. The molecule has 1 atom stereocenters. The van der Waals surface area contributed by atoms with Crippen molar-refractivity contribution < 1.29 is 9.90 Å². The topological polar surface area (TPSA) is 75.3 Å². The molecule has 0 saturated heterocycles. The summed E-state index contributed by atoms with van der Waals surface area (Å²) in [5, 5.41) is 13.3. The first kappa shape index (κ1) is 14.0. The Kier molecular flexibility index (Phi) is 4.51. The molecule has 0 saturated carbocycles. The second-order valence-electron chi connectivity index (χ2n) is 4.41. The van der Waals surface area contributed by atoms with Gasteiger partial charge in [-0.15, -0.1) is 0 Å². The Labute approximate surface area is 106 Å². The third kappa shape index (κ3) is 3.70. The van der Waals surface area contributed by atoms with Gasteiger partial charge in [0.25, 0.3) is 0 Å². The maximum atomic E-state index is 11.1. The number of hydrogen-bond acceptors (Lipinski definition) is 3. The van der Waals surface area contributed by atoms with Crippen LogP contribution in [0.5, 0.6) is 0 Å². The highest BCUT2D eigenvalue weighted by atomic mass is 35.5. The van der Waals surface area contributed by atoms with E-state index in [2.05, 4.69) is 5.32 Å². The molecule has 0 aliphatic heterocycles. The molecule has 1 amide bonds. The summed E-state index contributed by atoms with van der Waals surface area (Å²) in [6.45, 7) is 3.53. The number of primary amides is 1. The number of β-amino-alcohol motifs (C(OH)–C–C–N with tert-alkyl or cyclic N) is 1. The number of aliphatic hydroxyl groups excluding tert-OH is 1. The molecule has 1 aromatic rings. The van der Waals surface area contributed by atoms with Crippen LogP contribution in [0.4, 0.5) is 0 Å². The standard InChI is InChI=1S/C12H17ClN2O2/c1-12(2,11(14)17)15-7-10(16)8-5-3-4-6-9(8)13/h3-6,10,15-16H,7H2,1-2H3,(H2,14,17). The first-order valence-corrected chi connectivity index (χ1v) is 5.70. The van der Waals surface area contributed by atoms with Gasteiger partial charge < -0.3 is 16.2 Å². The lowest BCUT2D eigenvalue weighted by Crippen LogP contribution is -2.51. The summed E-state index contributed by atoms with van der Waals surface area (Å²) in [5.74, 6) is -0.469. The van der Waals surface area contributed by atoms with Crippen LogP contribution in [0.15, 0.2) is 24.3 Å². The van der Waals surface area contributed by atoms with E-state index in [0.29, 0.717) is 10.6 Å². The van der Waals surface area contributed by atoms with Gasteiger partial charge in [0.05, 0.1) is 11.6 Å². The van der Waals surface area contributed by atoms with Crippen LogP contribution >= 0.6 is 11.6 Å². The second kappa shape index (κ2) is 5.49. The molecule has 4 nitrogen and oxygen atoms in total. The Morgan fingerprint density at radius 2 is 2.12 bits per heavy atom. The number of nitrogens with two attached hydrogens (primary N) is 1. The maximum Gasteiger partial charge on any atom is 0.237 e. The number of carbonyl (C=O) groups is 1. The van der Waals surface area contributed by atoms with Crippen LogP contribution in [-0.4, -0.2) is 23.1 Å². The van der Waals surface area contributed by atoms with E-state index in [0.717, 1.165) is 0 Å². The fourth-order valence-corrected chi connectivity index (χ4v) is 1.56. The van der Waals surface area contributed by atoms with Gasteiger partial charge in [-0.05, 0) is 19.9 Å². The molecule has 17 heavy (non-hydrogen) atoms. The van der Waals surface area contributed by atoms with E-state index in [1.807, 2.05) is 0 Å². The van der Waals surface area contributed by atoms with Gasteiger partial charge in [0.15, 0.2) is 0 Å². The average Bonchev–Trinajstić information content (AvgIpc) is 2.26. The van der Waals surface area contributed by atoms with E-state index in [-0.39, 0.29) is 6.54 Å².